The zero-order valence-corrected chi connectivity index (χ0v) is 15.5. The Balaban J connectivity index is 1.60. The fourth-order valence-electron chi connectivity index (χ4n) is 3.30. The molecule has 1 aliphatic rings. The first-order valence-corrected chi connectivity index (χ1v) is 9.10. The lowest BCUT2D eigenvalue weighted by Gasteiger charge is -2.31. The summed E-state index contributed by atoms with van der Waals surface area (Å²) in [5.41, 5.74) is 2.02. The van der Waals surface area contributed by atoms with Crippen LogP contribution in [0.4, 0.5) is 0 Å². The highest BCUT2D eigenvalue weighted by Crippen LogP contribution is 2.27. The maximum Gasteiger partial charge on any atom is 0.166 e. The molecular weight excluding hydrogens is 366 g/mol. The van der Waals surface area contributed by atoms with Crippen molar-refractivity contribution in [3.63, 3.8) is 0 Å². The van der Waals surface area contributed by atoms with Crippen molar-refractivity contribution in [1.82, 2.24) is 4.90 Å². The quantitative estimate of drug-likeness (QED) is 0.704. The van der Waals surface area contributed by atoms with E-state index in [4.69, 9.17) is 4.74 Å². The number of carbonyl (C=O) groups excluding carboxylic acids is 1. The molecule has 1 saturated heterocycles. The fraction of sp³-hybridized carbons (Fsp3) is 0.350. The van der Waals surface area contributed by atoms with E-state index < -0.39 is 0 Å². The minimum absolute atomic E-state index is 0.146. The van der Waals surface area contributed by atoms with E-state index in [1.807, 2.05) is 42.5 Å². The molecule has 1 heterocycles. The summed E-state index contributed by atoms with van der Waals surface area (Å²) in [6, 6.07) is 15.7. The van der Waals surface area contributed by atoms with E-state index in [0.29, 0.717) is 0 Å². The lowest BCUT2D eigenvalue weighted by Crippen LogP contribution is -2.36. The average molecular weight is 388 g/mol. The molecule has 3 rings (SSSR count). The summed E-state index contributed by atoms with van der Waals surface area (Å²) >= 11 is 3.53. The molecule has 0 bridgehead atoms. The second-order valence-electron chi connectivity index (χ2n) is 6.24. The predicted octanol–water partition coefficient (Wildman–Crippen LogP) is 4.55. The topological polar surface area (TPSA) is 29.5 Å². The van der Waals surface area contributed by atoms with Crippen LogP contribution in [0, 0.1) is 5.92 Å². The molecule has 0 aliphatic carbocycles. The Morgan fingerprint density at radius 1 is 1.17 bits per heavy atom. The fourth-order valence-corrected chi connectivity index (χ4v) is 3.71. The van der Waals surface area contributed by atoms with E-state index in [9.17, 15) is 4.79 Å². The highest BCUT2D eigenvalue weighted by Gasteiger charge is 2.26. The molecule has 1 aliphatic heterocycles. The molecule has 0 atom stereocenters. The largest absolute Gasteiger partial charge is 0.496 e. The number of ketones is 1. The summed E-state index contributed by atoms with van der Waals surface area (Å²) < 4.78 is 6.52. The molecule has 1 fully saturated rings. The Morgan fingerprint density at radius 2 is 1.88 bits per heavy atom. The molecule has 0 amide bonds. The van der Waals surface area contributed by atoms with Gasteiger partial charge in [-0.3, -0.25) is 9.69 Å². The van der Waals surface area contributed by atoms with Gasteiger partial charge in [0.15, 0.2) is 5.78 Å². The van der Waals surface area contributed by atoms with Crippen LogP contribution in [0.2, 0.25) is 0 Å². The number of hydrogen-bond donors (Lipinski definition) is 0. The van der Waals surface area contributed by atoms with Crippen LogP contribution < -0.4 is 4.74 Å². The van der Waals surface area contributed by atoms with Crippen molar-refractivity contribution in [3.8, 4) is 5.75 Å². The Morgan fingerprint density at radius 3 is 2.54 bits per heavy atom. The molecule has 0 radical (unpaired) electrons. The van der Waals surface area contributed by atoms with E-state index in [0.717, 1.165) is 48.3 Å². The number of methoxy groups -OCH3 is 1. The third-order valence-corrected chi connectivity index (χ3v) is 5.15. The molecular formula is C20H22BrNO2. The maximum absolute atomic E-state index is 12.6. The number of benzene rings is 2. The summed E-state index contributed by atoms with van der Waals surface area (Å²) in [4.78, 5) is 15.0. The highest BCUT2D eigenvalue weighted by atomic mass is 79.9. The number of rotatable bonds is 5. The molecule has 0 saturated carbocycles. The summed E-state index contributed by atoms with van der Waals surface area (Å²) in [5.74, 6) is 1.35. The number of ether oxygens (including phenoxy) is 1. The van der Waals surface area contributed by atoms with E-state index in [1.54, 1.807) is 7.11 Å². The van der Waals surface area contributed by atoms with Gasteiger partial charge in [0.1, 0.15) is 5.75 Å². The molecule has 24 heavy (non-hydrogen) atoms. The van der Waals surface area contributed by atoms with Crippen LogP contribution >= 0.6 is 15.9 Å². The van der Waals surface area contributed by atoms with Crippen LogP contribution in [0.25, 0.3) is 0 Å². The number of hydrogen-bond acceptors (Lipinski definition) is 3. The summed E-state index contributed by atoms with van der Waals surface area (Å²) in [7, 11) is 1.71. The van der Waals surface area contributed by atoms with Gasteiger partial charge in [-0.05, 0) is 44.1 Å². The molecule has 0 unspecified atom stereocenters. The second kappa shape index (κ2) is 7.95. The highest BCUT2D eigenvalue weighted by molar-refractivity contribution is 9.10. The van der Waals surface area contributed by atoms with Crippen LogP contribution in [0.5, 0.6) is 5.75 Å². The first-order valence-electron chi connectivity index (χ1n) is 8.31. The zero-order chi connectivity index (χ0) is 16.9. The molecule has 0 aromatic heterocycles. The normalized spacial score (nSPS) is 16.1. The Labute approximate surface area is 151 Å². The van der Waals surface area contributed by atoms with Gasteiger partial charge < -0.3 is 4.74 Å². The van der Waals surface area contributed by atoms with Crippen LogP contribution in [0.15, 0.2) is 53.0 Å². The maximum atomic E-state index is 12.6. The first kappa shape index (κ1) is 17.2. The lowest BCUT2D eigenvalue weighted by atomic mass is 9.89. The number of piperidine rings is 1. The van der Waals surface area contributed by atoms with Crippen molar-refractivity contribution >= 4 is 21.7 Å². The lowest BCUT2D eigenvalue weighted by molar-refractivity contribution is 0.0834. The van der Waals surface area contributed by atoms with Gasteiger partial charge in [0, 0.05) is 28.1 Å². The van der Waals surface area contributed by atoms with Gasteiger partial charge in [-0.1, -0.05) is 46.3 Å². The van der Waals surface area contributed by atoms with Gasteiger partial charge >= 0.3 is 0 Å². The molecule has 0 spiro atoms. The van der Waals surface area contributed by atoms with E-state index in [1.165, 1.54) is 5.56 Å². The predicted molar refractivity (Wildman–Crippen MR) is 99.5 cm³/mol. The van der Waals surface area contributed by atoms with Gasteiger partial charge in [0.05, 0.1) is 7.11 Å². The van der Waals surface area contributed by atoms with E-state index >= 15 is 0 Å². The number of likely N-dealkylation sites (tertiary alicyclic amines) is 1. The van der Waals surface area contributed by atoms with Crippen molar-refractivity contribution < 1.29 is 9.53 Å². The van der Waals surface area contributed by atoms with Crippen LogP contribution in [0.3, 0.4) is 0 Å². The minimum atomic E-state index is 0.146. The third-order valence-electron chi connectivity index (χ3n) is 4.65. The van der Waals surface area contributed by atoms with Gasteiger partial charge in [0.2, 0.25) is 0 Å². The number of Topliss-reactive ketones (excluding diaryl/α,β-unsaturated/α-hetero) is 1. The monoisotopic (exact) mass is 387 g/mol. The van der Waals surface area contributed by atoms with Crippen molar-refractivity contribution in [2.75, 3.05) is 20.2 Å². The Kier molecular flexibility index (Phi) is 5.69. The number of nitrogens with zero attached hydrogens (tertiary/aromatic N) is 1. The molecule has 2 aromatic rings. The summed E-state index contributed by atoms with van der Waals surface area (Å²) in [6.07, 6.45) is 1.84. The van der Waals surface area contributed by atoms with Crippen molar-refractivity contribution in [3.05, 3.63) is 64.1 Å². The molecule has 126 valence electrons. The number of halogens is 1. The van der Waals surface area contributed by atoms with Crippen LogP contribution in [-0.2, 0) is 6.54 Å². The van der Waals surface area contributed by atoms with Crippen molar-refractivity contribution in [2.24, 2.45) is 5.92 Å². The van der Waals surface area contributed by atoms with Crippen LogP contribution in [-0.4, -0.2) is 30.9 Å². The van der Waals surface area contributed by atoms with Crippen molar-refractivity contribution in [1.29, 1.82) is 0 Å². The summed E-state index contributed by atoms with van der Waals surface area (Å²) in [6.45, 7) is 2.74. The second-order valence-corrected chi connectivity index (χ2v) is 7.15. The molecule has 0 N–H and O–H groups in total. The average Bonchev–Trinajstić information content (AvgIpc) is 2.63. The van der Waals surface area contributed by atoms with Crippen molar-refractivity contribution in [2.45, 2.75) is 19.4 Å². The van der Waals surface area contributed by atoms with Crippen LogP contribution in [0.1, 0.15) is 28.8 Å². The minimum Gasteiger partial charge on any atom is -0.496 e. The standard InChI is InChI=1S/C20H22BrNO2/c1-24-19-8-7-18(21)13-17(19)14-22-11-9-16(10-12-22)20(23)15-5-3-2-4-6-15/h2-8,13,16H,9-12,14H2,1H3. The first-order chi connectivity index (χ1) is 11.7. The van der Waals surface area contributed by atoms with Gasteiger partial charge in [-0.15, -0.1) is 0 Å². The molecule has 2 aromatic carbocycles. The summed E-state index contributed by atoms with van der Waals surface area (Å²) in [5, 5.41) is 0. The smallest absolute Gasteiger partial charge is 0.166 e. The van der Waals surface area contributed by atoms with Gasteiger partial charge in [-0.25, -0.2) is 0 Å². The molecule has 4 heteroatoms. The SMILES string of the molecule is COc1ccc(Br)cc1CN1CCC(C(=O)c2ccccc2)CC1. The number of carbonyl (C=O) groups is 1. The van der Waals surface area contributed by atoms with Gasteiger partial charge in [-0.2, -0.15) is 0 Å². The Hall–Kier alpha value is -1.65. The third kappa shape index (κ3) is 4.05. The molecule has 3 nitrogen and oxygen atoms in total. The van der Waals surface area contributed by atoms with E-state index in [2.05, 4.69) is 26.9 Å². The van der Waals surface area contributed by atoms with Gasteiger partial charge in [0.25, 0.3) is 0 Å². The van der Waals surface area contributed by atoms with E-state index in [-0.39, 0.29) is 11.7 Å². The Bertz CT molecular complexity index is 694. The zero-order valence-electron chi connectivity index (χ0n) is 13.9.